The molecule has 1 unspecified atom stereocenters. The first-order valence-corrected chi connectivity index (χ1v) is 8.72. The molecule has 1 heterocycles. The highest BCUT2D eigenvalue weighted by Crippen LogP contribution is 2.27. The van der Waals surface area contributed by atoms with Gasteiger partial charge in [-0.3, -0.25) is 0 Å². The van der Waals surface area contributed by atoms with Gasteiger partial charge in [0.25, 0.3) is 0 Å². The van der Waals surface area contributed by atoms with Crippen molar-refractivity contribution in [3.05, 3.63) is 52.8 Å². The van der Waals surface area contributed by atoms with Crippen molar-refractivity contribution in [3.63, 3.8) is 0 Å². The van der Waals surface area contributed by atoms with Gasteiger partial charge in [0.1, 0.15) is 6.73 Å². The Morgan fingerprint density at radius 1 is 1.17 bits per heavy atom. The highest BCUT2D eigenvalue weighted by Gasteiger charge is 2.29. The fourth-order valence-electron chi connectivity index (χ4n) is 3.53. The van der Waals surface area contributed by atoms with E-state index in [1.807, 2.05) is 18.2 Å². The number of nitrogens with one attached hydrogen (secondary N) is 1. The first-order chi connectivity index (χ1) is 11.3. The summed E-state index contributed by atoms with van der Waals surface area (Å²) in [5.74, 6) is 0. The number of hydrogen-bond donors (Lipinski definition) is 1. The Morgan fingerprint density at radius 3 is 2.78 bits per heavy atom. The summed E-state index contributed by atoms with van der Waals surface area (Å²) in [6, 6.07) is 11.7. The normalized spacial score (nSPS) is 20.5. The fourth-order valence-corrected chi connectivity index (χ4v) is 3.53. The third-order valence-electron chi connectivity index (χ3n) is 4.92. The highest BCUT2D eigenvalue weighted by atomic mass is 16.5. The van der Waals surface area contributed by atoms with E-state index in [2.05, 4.69) is 29.1 Å². The molecule has 0 aliphatic heterocycles. The molecule has 0 spiro atoms. The van der Waals surface area contributed by atoms with Crippen molar-refractivity contribution in [1.82, 2.24) is 15.1 Å². The number of aryl methyl sites for hydroxylation is 1. The molecule has 122 valence electrons. The lowest BCUT2D eigenvalue weighted by Crippen LogP contribution is -2.36. The summed E-state index contributed by atoms with van der Waals surface area (Å²) >= 11 is 0. The van der Waals surface area contributed by atoms with Crippen molar-refractivity contribution >= 4 is 0 Å². The molecule has 4 rings (SSSR count). The van der Waals surface area contributed by atoms with Gasteiger partial charge < -0.3 is 10.1 Å². The first kappa shape index (κ1) is 14.9. The molecule has 1 aromatic heterocycles. The van der Waals surface area contributed by atoms with Gasteiger partial charge in [0.2, 0.25) is 0 Å². The van der Waals surface area contributed by atoms with Crippen molar-refractivity contribution in [2.24, 2.45) is 0 Å². The van der Waals surface area contributed by atoms with Crippen LogP contribution >= 0.6 is 0 Å². The molecular formula is C19H25N3O. The van der Waals surface area contributed by atoms with Crippen LogP contribution in [0.2, 0.25) is 0 Å². The standard InChI is InChI=1S/C19H25N3O/c1-14-18-11-17(20-16-7-8-16)9-10-19(18)22(21-14)13-23-12-15-5-3-2-4-6-15/h2-6,16-17,20H,7-13H2,1H3. The highest BCUT2D eigenvalue weighted by molar-refractivity contribution is 5.29. The van der Waals surface area contributed by atoms with Crippen molar-refractivity contribution in [1.29, 1.82) is 0 Å². The lowest BCUT2D eigenvalue weighted by molar-refractivity contribution is 0.0537. The summed E-state index contributed by atoms with van der Waals surface area (Å²) in [4.78, 5) is 0. The third-order valence-corrected chi connectivity index (χ3v) is 4.92. The van der Waals surface area contributed by atoms with Gasteiger partial charge in [-0.1, -0.05) is 30.3 Å². The molecule has 2 aromatic rings. The number of rotatable bonds is 6. The van der Waals surface area contributed by atoms with E-state index in [1.54, 1.807) is 0 Å². The molecule has 0 saturated heterocycles. The summed E-state index contributed by atoms with van der Waals surface area (Å²) in [6.07, 6.45) is 6.16. The van der Waals surface area contributed by atoms with Crippen LogP contribution in [-0.4, -0.2) is 21.9 Å². The fraction of sp³-hybridized carbons (Fsp3) is 0.526. The Bertz CT molecular complexity index is 661. The molecule has 0 radical (unpaired) electrons. The van der Waals surface area contributed by atoms with E-state index in [-0.39, 0.29) is 0 Å². The summed E-state index contributed by atoms with van der Waals surface area (Å²) < 4.78 is 7.94. The monoisotopic (exact) mass is 311 g/mol. The minimum Gasteiger partial charge on any atom is -0.355 e. The molecule has 2 aliphatic rings. The Labute approximate surface area is 137 Å². The van der Waals surface area contributed by atoms with Gasteiger partial charge in [0.15, 0.2) is 0 Å². The van der Waals surface area contributed by atoms with E-state index in [1.165, 1.54) is 41.8 Å². The molecule has 0 bridgehead atoms. The molecule has 1 saturated carbocycles. The van der Waals surface area contributed by atoms with Crippen LogP contribution in [0.1, 0.15) is 41.8 Å². The van der Waals surface area contributed by atoms with Gasteiger partial charge in [-0.15, -0.1) is 0 Å². The predicted octanol–water partition coefficient (Wildman–Crippen LogP) is 2.98. The summed E-state index contributed by atoms with van der Waals surface area (Å²) in [6.45, 7) is 3.32. The molecule has 1 fully saturated rings. The molecule has 4 heteroatoms. The van der Waals surface area contributed by atoms with Crippen LogP contribution in [0, 0.1) is 6.92 Å². The lowest BCUT2D eigenvalue weighted by atomic mass is 9.91. The summed E-state index contributed by atoms with van der Waals surface area (Å²) in [5, 5.41) is 8.48. The van der Waals surface area contributed by atoms with Crippen LogP contribution in [0.5, 0.6) is 0 Å². The van der Waals surface area contributed by atoms with Crippen molar-refractivity contribution in [2.45, 2.75) is 64.4 Å². The molecule has 1 atom stereocenters. The third kappa shape index (κ3) is 3.48. The molecular weight excluding hydrogens is 286 g/mol. The maximum absolute atomic E-state index is 5.87. The predicted molar refractivity (Wildman–Crippen MR) is 90.2 cm³/mol. The van der Waals surface area contributed by atoms with Gasteiger partial charge >= 0.3 is 0 Å². The van der Waals surface area contributed by atoms with Gasteiger partial charge in [0.05, 0.1) is 12.3 Å². The van der Waals surface area contributed by atoms with Gasteiger partial charge in [-0.25, -0.2) is 4.68 Å². The van der Waals surface area contributed by atoms with E-state index in [9.17, 15) is 0 Å². The second-order valence-electron chi connectivity index (χ2n) is 6.85. The topological polar surface area (TPSA) is 39.1 Å². The quantitative estimate of drug-likeness (QED) is 0.891. The Hall–Kier alpha value is -1.65. The Kier molecular flexibility index (Phi) is 4.19. The molecule has 1 aromatic carbocycles. The zero-order valence-corrected chi connectivity index (χ0v) is 13.8. The Balaban J connectivity index is 1.38. The van der Waals surface area contributed by atoms with E-state index in [0.717, 1.165) is 18.9 Å². The minimum absolute atomic E-state index is 0.547. The average Bonchev–Trinajstić information content (AvgIpc) is 3.33. The van der Waals surface area contributed by atoms with E-state index >= 15 is 0 Å². The average molecular weight is 311 g/mol. The van der Waals surface area contributed by atoms with Crippen molar-refractivity contribution in [3.8, 4) is 0 Å². The summed E-state index contributed by atoms with van der Waals surface area (Å²) in [7, 11) is 0. The number of benzene rings is 1. The largest absolute Gasteiger partial charge is 0.355 e. The van der Waals surface area contributed by atoms with Crippen LogP contribution in [0.25, 0.3) is 0 Å². The number of aromatic nitrogens is 2. The van der Waals surface area contributed by atoms with E-state index < -0.39 is 0 Å². The smallest absolute Gasteiger partial charge is 0.140 e. The number of nitrogens with zero attached hydrogens (tertiary/aromatic N) is 2. The van der Waals surface area contributed by atoms with Gasteiger partial charge in [-0.2, -0.15) is 5.10 Å². The summed E-state index contributed by atoms with van der Waals surface area (Å²) in [5.41, 5.74) is 5.20. The second kappa shape index (κ2) is 6.46. The SMILES string of the molecule is Cc1nn(COCc2ccccc2)c2c1CC(NC1CC1)CC2. The lowest BCUT2D eigenvalue weighted by Gasteiger charge is -2.24. The number of hydrogen-bond acceptors (Lipinski definition) is 3. The molecule has 23 heavy (non-hydrogen) atoms. The van der Waals surface area contributed by atoms with Gasteiger partial charge in [-0.05, 0) is 50.2 Å². The zero-order chi connectivity index (χ0) is 15.6. The molecule has 1 N–H and O–H groups in total. The second-order valence-corrected chi connectivity index (χ2v) is 6.85. The minimum atomic E-state index is 0.547. The molecule has 0 amide bonds. The molecule has 4 nitrogen and oxygen atoms in total. The van der Waals surface area contributed by atoms with Crippen molar-refractivity contribution < 1.29 is 4.74 Å². The number of fused-ring (bicyclic) bond motifs is 1. The maximum Gasteiger partial charge on any atom is 0.140 e. The van der Waals surface area contributed by atoms with E-state index in [0.29, 0.717) is 19.4 Å². The molecule has 2 aliphatic carbocycles. The van der Waals surface area contributed by atoms with Crippen LogP contribution in [0.4, 0.5) is 0 Å². The number of ether oxygens (including phenoxy) is 1. The van der Waals surface area contributed by atoms with Crippen LogP contribution < -0.4 is 5.32 Å². The first-order valence-electron chi connectivity index (χ1n) is 8.72. The maximum atomic E-state index is 5.87. The van der Waals surface area contributed by atoms with Gasteiger partial charge in [0, 0.05) is 17.8 Å². The zero-order valence-electron chi connectivity index (χ0n) is 13.8. The van der Waals surface area contributed by atoms with Crippen LogP contribution in [0.3, 0.4) is 0 Å². The van der Waals surface area contributed by atoms with E-state index in [4.69, 9.17) is 9.84 Å². The Morgan fingerprint density at radius 2 is 2.00 bits per heavy atom. The van der Waals surface area contributed by atoms with Crippen molar-refractivity contribution in [2.75, 3.05) is 0 Å². The van der Waals surface area contributed by atoms with Crippen LogP contribution in [0.15, 0.2) is 30.3 Å². The van der Waals surface area contributed by atoms with Crippen LogP contribution in [-0.2, 0) is 30.9 Å².